The Bertz CT molecular complexity index is 548. The molecule has 1 aromatic carbocycles. The van der Waals surface area contributed by atoms with Crippen molar-refractivity contribution in [2.24, 2.45) is 5.73 Å². The summed E-state index contributed by atoms with van der Waals surface area (Å²) in [6.45, 7) is 0.603. The molecule has 0 unspecified atom stereocenters. The highest BCUT2D eigenvalue weighted by Crippen LogP contribution is 2.24. The lowest BCUT2D eigenvalue weighted by molar-refractivity contribution is 0.290. The number of benzene rings is 1. The van der Waals surface area contributed by atoms with Gasteiger partial charge in [0.05, 0.1) is 10.7 Å². The molecule has 18 heavy (non-hydrogen) atoms. The van der Waals surface area contributed by atoms with Gasteiger partial charge in [-0.1, -0.05) is 17.7 Å². The van der Waals surface area contributed by atoms with Gasteiger partial charge in [-0.15, -0.1) is 0 Å². The van der Waals surface area contributed by atoms with Crippen LogP contribution in [0, 0.1) is 5.82 Å². The smallest absolute Gasteiger partial charge is 0.183 e. The molecule has 2 rings (SSSR count). The minimum Gasteiger partial charge on any atom is -0.486 e. The van der Waals surface area contributed by atoms with E-state index in [1.165, 1.54) is 12.1 Å². The summed E-state index contributed by atoms with van der Waals surface area (Å²) in [6.07, 6.45) is 1.65. The second-order valence-electron chi connectivity index (χ2n) is 3.70. The maximum absolute atomic E-state index is 13.6. The third-order valence-electron chi connectivity index (χ3n) is 2.40. The van der Waals surface area contributed by atoms with E-state index in [2.05, 4.69) is 4.98 Å². The van der Waals surface area contributed by atoms with Crippen LogP contribution in [0.4, 0.5) is 4.39 Å². The number of nitrogens with two attached hydrogens (primary N) is 1. The van der Waals surface area contributed by atoms with Crippen LogP contribution in [-0.2, 0) is 13.2 Å². The molecule has 2 aromatic rings. The second kappa shape index (κ2) is 5.80. The summed E-state index contributed by atoms with van der Waals surface area (Å²) in [5, 5.41) is 0.0462. The van der Waals surface area contributed by atoms with Crippen LogP contribution in [0.25, 0.3) is 0 Å². The molecule has 5 heteroatoms. The van der Waals surface area contributed by atoms with E-state index in [4.69, 9.17) is 22.1 Å². The molecule has 0 amide bonds. The highest BCUT2D eigenvalue weighted by atomic mass is 35.5. The van der Waals surface area contributed by atoms with Crippen LogP contribution in [0.15, 0.2) is 36.5 Å². The van der Waals surface area contributed by atoms with Crippen LogP contribution in [0.5, 0.6) is 5.75 Å². The zero-order valence-corrected chi connectivity index (χ0v) is 10.3. The summed E-state index contributed by atoms with van der Waals surface area (Å²) in [5.41, 5.74) is 7.14. The van der Waals surface area contributed by atoms with Crippen LogP contribution in [-0.4, -0.2) is 4.98 Å². The standard InChI is InChI=1S/C13H12ClFN2O/c14-11-2-1-3-12(13(11)15)18-8-9-4-5-17-10(6-9)7-16/h1-6H,7-8,16H2. The lowest BCUT2D eigenvalue weighted by atomic mass is 10.2. The van der Waals surface area contributed by atoms with Crippen molar-refractivity contribution in [3.8, 4) is 5.75 Å². The number of aromatic nitrogens is 1. The Labute approximate surface area is 109 Å². The predicted octanol–water partition coefficient (Wildman–Crippen LogP) is 2.91. The van der Waals surface area contributed by atoms with E-state index in [0.717, 1.165) is 11.3 Å². The maximum Gasteiger partial charge on any atom is 0.183 e. The summed E-state index contributed by atoms with van der Waals surface area (Å²) in [5.74, 6) is -0.416. The first-order chi connectivity index (χ1) is 8.70. The zero-order chi connectivity index (χ0) is 13.0. The van der Waals surface area contributed by atoms with Crippen LogP contribution < -0.4 is 10.5 Å². The Morgan fingerprint density at radius 3 is 2.94 bits per heavy atom. The average molecular weight is 267 g/mol. The van der Waals surface area contributed by atoms with Gasteiger partial charge in [-0.05, 0) is 29.8 Å². The van der Waals surface area contributed by atoms with Crippen molar-refractivity contribution in [2.45, 2.75) is 13.2 Å². The molecule has 0 aliphatic heterocycles. The Hall–Kier alpha value is -1.65. The van der Waals surface area contributed by atoms with Gasteiger partial charge >= 0.3 is 0 Å². The molecule has 0 bridgehead atoms. The van der Waals surface area contributed by atoms with Gasteiger partial charge in [-0.25, -0.2) is 4.39 Å². The Balaban J connectivity index is 2.09. The molecule has 0 aliphatic carbocycles. The van der Waals surface area contributed by atoms with Gasteiger partial charge in [0, 0.05) is 12.7 Å². The fourth-order valence-corrected chi connectivity index (χ4v) is 1.65. The molecular weight excluding hydrogens is 255 g/mol. The number of pyridine rings is 1. The summed E-state index contributed by atoms with van der Waals surface area (Å²) in [6, 6.07) is 8.26. The van der Waals surface area contributed by atoms with E-state index in [-0.39, 0.29) is 17.4 Å². The van der Waals surface area contributed by atoms with Gasteiger partial charge in [0.25, 0.3) is 0 Å². The van der Waals surface area contributed by atoms with E-state index in [0.29, 0.717) is 6.54 Å². The molecular formula is C13H12ClFN2O. The highest BCUT2D eigenvalue weighted by Gasteiger charge is 2.07. The van der Waals surface area contributed by atoms with Crippen molar-refractivity contribution < 1.29 is 9.13 Å². The summed E-state index contributed by atoms with van der Waals surface area (Å²) in [4.78, 5) is 4.07. The van der Waals surface area contributed by atoms with Crippen molar-refractivity contribution in [2.75, 3.05) is 0 Å². The minimum absolute atomic E-state index is 0.0462. The molecule has 0 saturated carbocycles. The molecule has 1 aromatic heterocycles. The fourth-order valence-electron chi connectivity index (χ4n) is 1.49. The van der Waals surface area contributed by atoms with Crippen LogP contribution in [0.2, 0.25) is 5.02 Å². The average Bonchev–Trinajstić information content (AvgIpc) is 2.41. The van der Waals surface area contributed by atoms with Crippen molar-refractivity contribution in [3.63, 3.8) is 0 Å². The third kappa shape index (κ3) is 2.97. The highest BCUT2D eigenvalue weighted by molar-refractivity contribution is 6.30. The Morgan fingerprint density at radius 1 is 1.33 bits per heavy atom. The molecule has 0 aliphatic rings. The Kier molecular flexibility index (Phi) is 4.12. The van der Waals surface area contributed by atoms with E-state index >= 15 is 0 Å². The summed E-state index contributed by atoms with van der Waals surface area (Å²) >= 11 is 5.66. The number of rotatable bonds is 4. The topological polar surface area (TPSA) is 48.1 Å². The molecule has 0 fully saturated rings. The number of halogens is 2. The third-order valence-corrected chi connectivity index (χ3v) is 2.69. The molecule has 0 atom stereocenters. The van der Waals surface area contributed by atoms with Gasteiger partial charge < -0.3 is 10.5 Å². The normalized spacial score (nSPS) is 10.4. The van der Waals surface area contributed by atoms with Gasteiger partial charge in [0.2, 0.25) is 0 Å². The first-order valence-electron chi connectivity index (χ1n) is 5.41. The predicted molar refractivity (Wildman–Crippen MR) is 67.9 cm³/mol. The molecule has 3 nitrogen and oxygen atoms in total. The molecule has 0 spiro atoms. The SMILES string of the molecule is NCc1cc(COc2cccc(Cl)c2F)ccn1. The zero-order valence-electron chi connectivity index (χ0n) is 9.57. The molecule has 1 heterocycles. The van der Waals surface area contributed by atoms with Gasteiger partial charge in [-0.3, -0.25) is 4.98 Å². The van der Waals surface area contributed by atoms with Crippen molar-refractivity contribution in [1.29, 1.82) is 0 Å². The quantitative estimate of drug-likeness (QED) is 0.926. The first-order valence-corrected chi connectivity index (χ1v) is 5.79. The lowest BCUT2D eigenvalue weighted by Gasteiger charge is -2.08. The first kappa shape index (κ1) is 12.8. The largest absolute Gasteiger partial charge is 0.486 e. The number of hydrogen-bond donors (Lipinski definition) is 1. The Morgan fingerprint density at radius 2 is 2.17 bits per heavy atom. The maximum atomic E-state index is 13.6. The molecule has 94 valence electrons. The van der Waals surface area contributed by atoms with Crippen LogP contribution in [0.1, 0.15) is 11.3 Å². The van der Waals surface area contributed by atoms with Crippen molar-refractivity contribution in [3.05, 3.63) is 58.6 Å². The van der Waals surface area contributed by atoms with Gasteiger partial charge in [-0.2, -0.15) is 0 Å². The van der Waals surface area contributed by atoms with Crippen LogP contribution >= 0.6 is 11.6 Å². The number of ether oxygens (including phenoxy) is 1. The number of nitrogens with zero attached hydrogens (tertiary/aromatic N) is 1. The van der Waals surface area contributed by atoms with Gasteiger partial charge in [0.15, 0.2) is 11.6 Å². The monoisotopic (exact) mass is 266 g/mol. The van der Waals surface area contributed by atoms with E-state index in [1.807, 2.05) is 6.07 Å². The van der Waals surface area contributed by atoms with Crippen molar-refractivity contribution >= 4 is 11.6 Å². The fraction of sp³-hybridized carbons (Fsp3) is 0.154. The van der Waals surface area contributed by atoms with E-state index in [9.17, 15) is 4.39 Å². The van der Waals surface area contributed by atoms with Gasteiger partial charge in [0.1, 0.15) is 6.61 Å². The van der Waals surface area contributed by atoms with E-state index in [1.54, 1.807) is 18.3 Å². The molecule has 0 radical (unpaired) electrons. The van der Waals surface area contributed by atoms with E-state index < -0.39 is 5.82 Å². The minimum atomic E-state index is -0.549. The summed E-state index contributed by atoms with van der Waals surface area (Å²) in [7, 11) is 0. The molecule has 2 N–H and O–H groups in total. The lowest BCUT2D eigenvalue weighted by Crippen LogP contribution is -2.02. The van der Waals surface area contributed by atoms with Crippen molar-refractivity contribution in [1.82, 2.24) is 4.98 Å². The van der Waals surface area contributed by atoms with Crippen LogP contribution in [0.3, 0.4) is 0 Å². The number of hydrogen-bond acceptors (Lipinski definition) is 3. The summed E-state index contributed by atoms with van der Waals surface area (Å²) < 4.78 is 18.9. The molecule has 0 saturated heterocycles. The second-order valence-corrected chi connectivity index (χ2v) is 4.11.